The van der Waals surface area contributed by atoms with E-state index in [1.807, 2.05) is 0 Å². The Morgan fingerprint density at radius 1 is 0.344 bits per heavy atom. The first-order valence-electron chi connectivity index (χ1n) is 21.1. The number of fused-ring (bicyclic) bond motifs is 8. The molecule has 2 nitrogen and oxygen atoms in total. The third-order valence-corrected chi connectivity index (χ3v) is 12.8. The molecule has 1 aliphatic rings. The molecule has 10 aromatic carbocycles. The molecular weight excluding hydrogens is 737 g/mol. The molecule has 0 spiro atoms. The summed E-state index contributed by atoms with van der Waals surface area (Å²) in [7, 11) is 0. The van der Waals surface area contributed by atoms with Crippen molar-refractivity contribution in [3.8, 4) is 27.9 Å². The molecule has 0 unspecified atom stereocenters. The van der Waals surface area contributed by atoms with Crippen LogP contribution < -0.4 is 4.90 Å². The number of benzene rings is 10. The van der Waals surface area contributed by atoms with Gasteiger partial charge in [-0.3, -0.25) is 0 Å². The second-order valence-corrected chi connectivity index (χ2v) is 16.1. The monoisotopic (exact) mass is 776 g/mol. The average molecular weight is 777 g/mol. The van der Waals surface area contributed by atoms with Crippen LogP contribution in [0.25, 0.3) is 60.5 Å². The van der Waals surface area contributed by atoms with Crippen molar-refractivity contribution < 1.29 is 0 Å². The highest BCUT2D eigenvalue weighted by atomic mass is 15.1. The second-order valence-electron chi connectivity index (χ2n) is 16.1. The van der Waals surface area contributed by atoms with E-state index in [9.17, 15) is 0 Å². The van der Waals surface area contributed by atoms with Crippen LogP contribution in [0.1, 0.15) is 22.3 Å². The van der Waals surface area contributed by atoms with Crippen molar-refractivity contribution >= 4 is 49.6 Å². The molecule has 0 atom stereocenters. The van der Waals surface area contributed by atoms with E-state index in [2.05, 4.69) is 252 Å². The van der Waals surface area contributed by atoms with Crippen LogP contribution in [-0.2, 0) is 5.41 Å². The number of anilines is 3. The molecule has 0 radical (unpaired) electrons. The van der Waals surface area contributed by atoms with E-state index in [0.717, 1.165) is 22.7 Å². The van der Waals surface area contributed by atoms with Crippen LogP contribution in [0.5, 0.6) is 0 Å². The minimum absolute atomic E-state index is 0.482. The van der Waals surface area contributed by atoms with Crippen LogP contribution in [0.2, 0.25) is 0 Å². The van der Waals surface area contributed by atoms with Gasteiger partial charge >= 0.3 is 0 Å². The van der Waals surface area contributed by atoms with Gasteiger partial charge in [-0.1, -0.05) is 188 Å². The minimum Gasteiger partial charge on any atom is -0.310 e. The van der Waals surface area contributed by atoms with Crippen molar-refractivity contribution in [2.75, 3.05) is 4.90 Å². The normalized spacial score (nSPS) is 12.7. The quantitative estimate of drug-likeness (QED) is 0.156. The third-order valence-electron chi connectivity index (χ3n) is 12.8. The summed E-state index contributed by atoms with van der Waals surface area (Å²) in [5.74, 6) is 0. The van der Waals surface area contributed by atoms with Gasteiger partial charge in [0.15, 0.2) is 0 Å². The predicted octanol–water partition coefficient (Wildman–Crippen LogP) is 15.4. The topological polar surface area (TPSA) is 8.17 Å². The van der Waals surface area contributed by atoms with Crippen LogP contribution in [-0.4, -0.2) is 4.57 Å². The lowest BCUT2D eigenvalue weighted by molar-refractivity contribution is 0.768. The van der Waals surface area contributed by atoms with Crippen molar-refractivity contribution in [2.24, 2.45) is 0 Å². The van der Waals surface area contributed by atoms with Gasteiger partial charge in [-0.2, -0.15) is 0 Å². The van der Waals surface area contributed by atoms with Crippen molar-refractivity contribution in [2.45, 2.75) is 5.41 Å². The van der Waals surface area contributed by atoms with Crippen LogP contribution >= 0.6 is 0 Å². The highest BCUT2D eigenvalue weighted by molar-refractivity contribution is 6.19. The Bertz CT molecular complexity index is 3350. The van der Waals surface area contributed by atoms with Crippen LogP contribution in [0, 0.1) is 0 Å². The Balaban J connectivity index is 1.01. The fourth-order valence-corrected chi connectivity index (χ4v) is 10.2. The first-order valence-corrected chi connectivity index (χ1v) is 21.1. The zero-order valence-corrected chi connectivity index (χ0v) is 33.5. The molecule has 0 aliphatic heterocycles. The molecule has 1 aliphatic carbocycles. The maximum atomic E-state index is 2.44. The summed E-state index contributed by atoms with van der Waals surface area (Å²) in [6.07, 6.45) is 0. The van der Waals surface area contributed by atoms with Gasteiger partial charge in [-0.05, 0) is 104 Å². The van der Waals surface area contributed by atoms with E-state index < -0.39 is 5.41 Å². The van der Waals surface area contributed by atoms with E-state index >= 15 is 0 Å². The summed E-state index contributed by atoms with van der Waals surface area (Å²) in [4.78, 5) is 2.40. The first kappa shape index (κ1) is 35.0. The van der Waals surface area contributed by atoms with Gasteiger partial charge < -0.3 is 9.47 Å². The van der Waals surface area contributed by atoms with Gasteiger partial charge in [-0.15, -0.1) is 0 Å². The summed E-state index contributed by atoms with van der Waals surface area (Å²) >= 11 is 0. The molecular formula is C59H40N2. The molecule has 0 fully saturated rings. The molecule has 12 rings (SSSR count). The predicted molar refractivity (Wildman–Crippen MR) is 256 cm³/mol. The van der Waals surface area contributed by atoms with E-state index in [1.54, 1.807) is 0 Å². The zero-order chi connectivity index (χ0) is 40.3. The Labute approximate surface area is 355 Å². The molecule has 0 saturated heterocycles. The summed E-state index contributed by atoms with van der Waals surface area (Å²) in [5.41, 5.74) is 16.5. The summed E-state index contributed by atoms with van der Waals surface area (Å²) in [5, 5.41) is 5.01. The Kier molecular flexibility index (Phi) is 8.11. The van der Waals surface area contributed by atoms with Gasteiger partial charge in [0.1, 0.15) is 0 Å². The zero-order valence-electron chi connectivity index (χ0n) is 33.5. The second kappa shape index (κ2) is 14.1. The van der Waals surface area contributed by atoms with E-state index in [-0.39, 0.29) is 0 Å². The largest absolute Gasteiger partial charge is 0.310 e. The van der Waals surface area contributed by atoms with Crippen molar-refractivity contribution in [3.05, 3.63) is 265 Å². The summed E-state index contributed by atoms with van der Waals surface area (Å²) in [6.45, 7) is 0. The Hall–Kier alpha value is -7.94. The van der Waals surface area contributed by atoms with Crippen molar-refractivity contribution in [1.29, 1.82) is 0 Å². The average Bonchev–Trinajstić information content (AvgIpc) is 3.83. The van der Waals surface area contributed by atoms with E-state index in [0.29, 0.717) is 0 Å². The first-order chi connectivity index (χ1) is 30.3. The fraction of sp³-hybridized carbons (Fsp3) is 0.0169. The van der Waals surface area contributed by atoms with E-state index in [4.69, 9.17) is 0 Å². The number of hydrogen-bond donors (Lipinski definition) is 0. The van der Waals surface area contributed by atoms with Gasteiger partial charge in [-0.25, -0.2) is 0 Å². The van der Waals surface area contributed by atoms with Gasteiger partial charge in [0, 0.05) is 38.9 Å². The molecule has 1 heterocycles. The molecule has 61 heavy (non-hydrogen) atoms. The molecule has 286 valence electrons. The van der Waals surface area contributed by atoms with E-state index in [1.165, 1.54) is 77.1 Å². The third kappa shape index (κ3) is 5.43. The molecule has 0 saturated carbocycles. The molecule has 0 bridgehead atoms. The summed E-state index contributed by atoms with van der Waals surface area (Å²) in [6, 6.07) is 88.9. The van der Waals surface area contributed by atoms with Crippen LogP contribution in [0.15, 0.2) is 243 Å². The number of para-hydroxylation sites is 2. The Morgan fingerprint density at radius 3 is 1.64 bits per heavy atom. The lowest BCUT2D eigenvalue weighted by atomic mass is 9.67. The van der Waals surface area contributed by atoms with Gasteiger partial charge in [0.05, 0.1) is 16.4 Å². The van der Waals surface area contributed by atoms with Gasteiger partial charge in [0.2, 0.25) is 0 Å². The molecule has 0 amide bonds. The van der Waals surface area contributed by atoms with Crippen LogP contribution in [0.3, 0.4) is 0 Å². The lowest BCUT2D eigenvalue weighted by Gasteiger charge is -2.35. The standard InChI is InChI=1S/C59H40N2/c1-5-18-44(19-6-1)59(45-20-7-2-8-21-45)55-28-16-15-27-51(55)52-38-35-49(40-56(52)59)60(46-22-9-3-10-23-46)48-33-29-41(30-34-48)43-32-36-53-54-37-31-42-17-13-14-26-50(42)58(54)61(57(53)39-43)47-24-11-4-12-25-47/h1-40H. The van der Waals surface area contributed by atoms with Gasteiger partial charge in [0.25, 0.3) is 0 Å². The maximum Gasteiger partial charge on any atom is 0.0714 e. The molecule has 0 N–H and O–H groups in total. The Morgan fingerprint density at radius 2 is 0.902 bits per heavy atom. The lowest BCUT2D eigenvalue weighted by Crippen LogP contribution is -2.28. The number of hydrogen-bond acceptors (Lipinski definition) is 1. The maximum absolute atomic E-state index is 2.44. The van der Waals surface area contributed by atoms with Crippen molar-refractivity contribution in [3.63, 3.8) is 0 Å². The van der Waals surface area contributed by atoms with Crippen molar-refractivity contribution in [1.82, 2.24) is 4.57 Å². The SMILES string of the molecule is c1ccc(N(c2ccc(-c3ccc4c5ccc6ccccc6c5n(-c5ccccc5)c4c3)cc2)c2ccc3c(c2)C(c2ccccc2)(c2ccccc2)c2ccccc2-3)cc1. The summed E-state index contributed by atoms with van der Waals surface area (Å²) < 4.78 is 2.44. The molecule has 11 aromatic rings. The smallest absolute Gasteiger partial charge is 0.0714 e. The van der Waals surface area contributed by atoms with Crippen LogP contribution in [0.4, 0.5) is 17.1 Å². The molecule has 1 aromatic heterocycles. The number of rotatable bonds is 7. The highest BCUT2D eigenvalue weighted by Crippen LogP contribution is 2.57. The number of aromatic nitrogens is 1. The number of nitrogens with zero attached hydrogens (tertiary/aromatic N) is 2. The fourth-order valence-electron chi connectivity index (χ4n) is 10.2. The molecule has 2 heteroatoms. The minimum atomic E-state index is -0.482. The highest BCUT2D eigenvalue weighted by Gasteiger charge is 2.46.